The van der Waals surface area contributed by atoms with Crippen LogP contribution in [0.15, 0.2) is 0 Å². The number of ether oxygens (including phenoxy) is 1. The molecule has 8 heteroatoms. The molecular formula is C13H26N2O5S. The molecule has 0 aromatic carbocycles. The number of β-amino-alcohol motifs (C(OH)–C–C–N with tert-alkyl or cyclic N) is 1. The third-order valence-corrected chi connectivity index (χ3v) is 5.30. The summed E-state index contributed by atoms with van der Waals surface area (Å²) in [6.07, 6.45) is 0.396. The van der Waals surface area contributed by atoms with E-state index in [4.69, 9.17) is 0 Å². The molecule has 1 heterocycles. The molecule has 0 aliphatic carbocycles. The van der Waals surface area contributed by atoms with Gasteiger partial charge in [0.15, 0.2) is 0 Å². The maximum Gasteiger partial charge on any atom is 0.305 e. The third-order valence-electron chi connectivity index (χ3n) is 3.35. The molecule has 21 heavy (non-hydrogen) atoms. The summed E-state index contributed by atoms with van der Waals surface area (Å²) >= 11 is 0. The van der Waals surface area contributed by atoms with E-state index in [0.717, 1.165) is 0 Å². The summed E-state index contributed by atoms with van der Waals surface area (Å²) in [6, 6.07) is 0. The van der Waals surface area contributed by atoms with Gasteiger partial charge in [-0.15, -0.1) is 0 Å². The first-order valence-corrected chi connectivity index (χ1v) is 8.74. The molecule has 1 N–H and O–H groups in total. The number of nitrogens with zero attached hydrogens (tertiary/aromatic N) is 2. The van der Waals surface area contributed by atoms with Gasteiger partial charge in [-0.25, -0.2) is 8.42 Å². The molecule has 1 fully saturated rings. The van der Waals surface area contributed by atoms with Crippen molar-refractivity contribution < 1.29 is 23.1 Å². The summed E-state index contributed by atoms with van der Waals surface area (Å²) < 4.78 is 30.3. The van der Waals surface area contributed by atoms with Crippen LogP contribution in [-0.2, 0) is 19.6 Å². The van der Waals surface area contributed by atoms with Crippen LogP contribution in [0.5, 0.6) is 0 Å². The van der Waals surface area contributed by atoms with Crippen molar-refractivity contribution in [2.24, 2.45) is 0 Å². The fourth-order valence-electron chi connectivity index (χ4n) is 2.34. The van der Waals surface area contributed by atoms with Gasteiger partial charge in [-0.3, -0.25) is 9.69 Å². The van der Waals surface area contributed by atoms with Gasteiger partial charge in [-0.1, -0.05) is 0 Å². The molecule has 124 valence electrons. The van der Waals surface area contributed by atoms with Gasteiger partial charge in [-0.05, 0) is 20.3 Å². The SMILES string of the molecule is COC(=O)CCCS(=O)(=O)N1CCN(CC(C)(C)O)CC1. The van der Waals surface area contributed by atoms with E-state index in [-0.39, 0.29) is 24.6 Å². The Kier molecular flexibility index (Phi) is 6.58. The molecule has 0 saturated carbocycles. The van der Waals surface area contributed by atoms with E-state index in [1.54, 1.807) is 13.8 Å². The van der Waals surface area contributed by atoms with Crippen LogP contribution in [0.2, 0.25) is 0 Å². The number of hydrogen-bond donors (Lipinski definition) is 1. The van der Waals surface area contributed by atoms with Crippen LogP contribution in [-0.4, -0.2) is 79.9 Å². The van der Waals surface area contributed by atoms with Gasteiger partial charge < -0.3 is 9.84 Å². The number of piperazine rings is 1. The maximum absolute atomic E-state index is 12.2. The first kappa shape index (κ1) is 18.3. The Morgan fingerprint density at radius 2 is 1.81 bits per heavy atom. The summed E-state index contributed by atoms with van der Waals surface area (Å²) in [5, 5.41) is 9.77. The van der Waals surface area contributed by atoms with Crippen molar-refractivity contribution in [1.29, 1.82) is 0 Å². The van der Waals surface area contributed by atoms with Crippen molar-refractivity contribution >= 4 is 16.0 Å². The summed E-state index contributed by atoms with van der Waals surface area (Å²) in [6.45, 7) is 6.09. The van der Waals surface area contributed by atoms with E-state index in [0.29, 0.717) is 32.7 Å². The lowest BCUT2D eigenvalue weighted by Crippen LogP contribution is -2.52. The van der Waals surface area contributed by atoms with Crippen LogP contribution in [0, 0.1) is 0 Å². The lowest BCUT2D eigenvalue weighted by molar-refractivity contribution is -0.140. The number of rotatable bonds is 7. The first-order chi connectivity index (χ1) is 9.64. The predicted octanol–water partition coefficient (Wildman–Crippen LogP) is -0.342. The monoisotopic (exact) mass is 322 g/mol. The molecule has 0 bridgehead atoms. The minimum Gasteiger partial charge on any atom is -0.469 e. The maximum atomic E-state index is 12.2. The molecule has 0 aromatic heterocycles. The Bertz CT molecular complexity index is 436. The van der Waals surface area contributed by atoms with E-state index in [1.807, 2.05) is 0 Å². The number of aliphatic hydroxyl groups is 1. The van der Waals surface area contributed by atoms with Crippen LogP contribution >= 0.6 is 0 Å². The number of carbonyl (C=O) groups is 1. The van der Waals surface area contributed by atoms with Crippen LogP contribution in [0.3, 0.4) is 0 Å². The van der Waals surface area contributed by atoms with E-state index in [1.165, 1.54) is 11.4 Å². The number of esters is 1. The summed E-state index contributed by atoms with van der Waals surface area (Å²) in [5.41, 5.74) is -0.776. The third kappa shape index (κ3) is 6.73. The number of sulfonamides is 1. The summed E-state index contributed by atoms with van der Waals surface area (Å²) in [4.78, 5) is 13.0. The van der Waals surface area contributed by atoms with Crippen molar-refractivity contribution in [1.82, 2.24) is 9.21 Å². The van der Waals surface area contributed by atoms with Gasteiger partial charge in [0.05, 0.1) is 18.5 Å². The zero-order chi connectivity index (χ0) is 16.1. The quantitative estimate of drug-likeness (QED) is 0.645. The Balaban J connectivity index is 2.40. The fourth-order valence-corrected chi connectivity index (χ4v) is 3.83. The molecule has 0 radical (unpaired) electrons. The normalized spacial score (nSPS) is 18.7. The van der Waals surface area contributed by atoms with Crippen molar-refractivity contribution in [2.75, 3.05) is 45.6 Å². The predicted molar refractivity (Wildman–Crippen MR) is 79.3 cm³/mol. The first-order valence-electron chi connectivity index (χ1n) is 7.13. The molecule has 1 rings (SSSR count). The van der Waals surface area contributed by atoms with E-state index < -0.39 is 15.6 Å². The molecular weight excluding hydrogens is 296 g/mol. The average Bonchev–Trinajstić information content (AvgIpc) is 2.37. The Morgan fingerprint density at radius 3 is 2.29 bits per heavy atom. The molecule has 0 atom stereocenters. The largest absolute Gasteiger partial charge is 0.469 e. The second kappa shape index (κ2) is 7.53. The van der Waals surface area contributed by atoms with Gasteiger partial charge in [0.25, 0.3) is 0 Å². The van der Waals surface area contributed by atoms with Crippen molar-refractivity contribution in [3.05, 3.63) is 0 Å². The number of carbonyl (C=O) groups excluding carboxylic acids is 1. The Labute approximate surface area is 126 Å². The van der Waals surface area contributed by atoms with E-state index in [9.17, 15) is 18.3 Å². The molecule has 0 spiro atoms. The molecule has 0 amide bonds. The van der Waals surface area contributed by atoms with Crippen molar-refractivity contribution in [3.63, 3.8) is 0 Å². The second-order valence-corrected chi connectivity index (χ2v) is 8.07. The fraction of sp³-hybridized carbons (Fsp3) is 0.923. The molecule has 1 saturated heterocycles. The number of methoxy groups -OCH3 is 1. The lowest BCUT2D eigenvalue weighted by atomic mass is 10.1. The smallest absolute Gasteiger partial charge is 0.305 e. The zero-order valence-corrected chi connectivity index (χ0v) is 13.9. The molecule has 0 aromatic rings. The minimum absolute atomic E-state index is 0.0341. The highest BCUT2D eigenvalue weighted by Crippen LogP contribution is 2.12. The Hall–Kier alpha value is -0.700. The van der Waals surface area contributed by atoms with Gasteiger partial charge in [-0.2, -0.15) is 4.31 Å². The highest BCUT2D eigenvalue weighted by molar-refractivity contribution is 7.89. The van der Waals surface area contributed by atoms with Crippen LogP contribution in [0.25, 0.3) is 0 Å². The second-order valence-electron chi connectivity index (χ2n) is 5.98. The standard InChI is InChI=1S/C13H26N2O5S/c1-13(2,17)11-14-6-8-15(9-7-14)21(18,19)10-4-5-12(16)20-3/h17H,4-11H2,1-3H3. The molecule has 0 unspecified atom stereocenters. The minimum atomic E-state index is -3.32. The topological polar surface area (TPSA) is 87.2 Å². The lowest BCUT2D eigenvalue weighted by Gasteiger charge is -2.36. The molecule has 7 nitrogen and oxygen atoms in total. The number of hydrogen-bond acceptors (Lipinski definition) is 6. The van der Waals surface area contributed by atoms with Gasteiger partial charge in [0, 0.05) is 39.1 Å². The summed E-state index contributed by atoms with van der Waals surface area (Å²) in [5.74, 6) is -0.423. The van der Waals surface area contributed by atoms with E-state index in [2.05, 4.69) is 9.64 Å². The Morgan fingerprint density at radius 1 is 1.24 bits per heavy atom. The highest BCUT2D eigenvalue weighted by Gasteiger charge is 2.28. The van der Waals surface area contributed by atoms with Crippen LogP contribution in [0.4, 0.5) is 0 Å². The highest BCUT2D eigenvalue weighted by atomic mass is 32.2. The average molecular weight is 322 g/mol. The summed E-state index contributed by atoms with van der Waals surface area (Å²) in [7, 11) is -2.03. The van der Waals surface area contributed by atoms with Gasteiger partial charge in [0.1, 0.15) is 0 Å². The zero-order valence-electron chi connectivity index (χ0n) is 13.0. The van der Waals surface area contributed by atoms with E-state index >= 15 is 0 Å². The van der Waals surface area contributed by atoms with Crippen molar-refractivity contribution in [3.8, 4) is 0 Å². The molecule has 1 aliphatic heterocycles. The van der Waals surface area contributed by atoms with Crippen LogP contribution < -0.4 is 0 Å². The van der Waals surface area contributed by atoms with Gasteiger partial charge >= 0.3 is 5.97 Å². The van der Waals surface area contributed by atoms with Crippen molar-refractivity contribution in [2.45, 2.75) is 32.3 Å². The van der Waals surface area contributed by atoms with Gasteiger partial charge in [0.2, 0.25) is 10.0 Å². The molecule has 1 aliphatic rings. The van der Waals surface area contributed by atoms with Crippen LogP contribution in [0.1, 0.15) is 26.7 Å².